The molecule has 3 aromatic rings. The van der Waals surface area contributed by atoms with Gasteiger partial charge in [0.25, 0.3) is 11.5 Å². The first kappa shape index (κ1) is 23.2. The Hall–Kier alpha value is -3.95. The lowest BCUT2D eigenvalue weighted by Crippen LogP contribution is -2.29. The Bertz CT molecular complexity index is 1260. The van der Waals surface area contributed by atoms with Crippen LogP contribution in [-0.4, -0.2) is 24.0 Å². The topological polar surface area (TPSA) is 117 Å². The maximum absolute atomic E-state index is 13.2. The van der Waals surface area contributed by atoms with E-state index in [2.05, 4.69) is 15.2 Å². The Kier molecular flexibility index (Phi) is 6.23. The summed E-state index contributed by atoms with van der Waals surface area (Å²) in [6, 6.07) is 9.92. The van der Waals surface area contributed by atoms with Gasteiger partial charge in [-0.1, -0.05) is 0 Å². The SMILES string of the molecule is Nc1cc(C(F)(F)F)cc(-c2c[nH]c(=O)c(NC(=O)c3ccc(N4CCCCC4)cc3)c2)c1N. The average Bonchev–Trinajstić information content (AvgIpc) is 2.82. The fourth-order valence-electron chi connectivity index (χ4n) is 3.98. The summed E-state index contributed by atoms with van der Waals surface area (Å²) in [5, 5.41) is 2.52. The van der Waals surface area contributed by atoms with Crippen molar-refractivity contribution in [2.45, 2.75) is 25.4 Å². The number of amides is 1. The molecule has 6 N–H and O–H groups in total. The Morgan fingerprint density at radius 1 is 1.00 bits per heavy atom. The van der Waals surface area contributed by atoms with Gasteiger partial charge in [-0.3, -0.25) is 9.59 Å². The van der Waals surface area contributed by atoms with Crippen LogP contribution in [0, 0.1) is 0 Å². The number of anilines is 4. The first-order valence-electron chi connectivity index (χ1n) is 10.8. The highest BCUT2D eigenvalue weighted by Gasteiger charge is 2.32. The van der Waals surface area contributed by atoms with Crippen LogP contribution in [0.25, 0.3) is 11.1 Å². The standard InChI is InChI=1S/C24H24F3N5O2/c25-24(26,27)16-11-18(21(29)19(28)12-16)15-10-20(23(34)30-13-15)31-22(33)14-4-6-17(7-5-14)32-8-2-1-3-9-32/h4-7,10-13H,1-3,8-9,28-29H2,(H,30,34)(H,31,33). The first-order valence-corrected chi connectivity index (χ1v) is 10.8. The second-order valence-corrected chi connectivity index (χ2v) is 8.20. The third-order valence-electron chi connectivity index (χ3n) is 5.85. The molecule has 0 spiro atoms. The van der Waals surface area contributed by atoms with Gasteiger partial charge in [0.15, 0.2) is 0 Å². The molecule has 34 heavy (non-hydrogen) atoms. The molecule has 4 rings (SSSR count). The van der Waals surface area contributed by atoms with Crippen LogP contribution in [-0.2, 0) is 6.18 Å². The van der Waals surface area contributed by atoms with Crippen LogP contribution < -0.4 is 27.2 Å². The van der Waals surface area contributed by atoms with Crippen molar-refractivity contribution < 1.29 is 18.0 Å². The molecule has 10 heteroatoms. The molecular weight excluding hydrogens is 447 g/mol. The van der Waals surface area contributed by atoms with Crippen LogP contribution in [0.15, 0.2) is 53.5 Å². The van der Waals surface area contributed by atoms with Crippen LogP contribution in [0.2, 0.25) is 0 Å². The third kappa shape index (κ3) is 4.85. The molecule has 1 saturated heterocycles. The zero-order chi connectivity index (χ0) is 24.5. The molecule has 1 aliphatic heterocycles. The molecule has 0 aliphatic carbocycles. The van der Waals surface area contributed by atoms with Crippen molar-refractivity contribution in [1.29, 1.82) is 0 Å². The Labute approximate surface area is 193 Å². The summed E-state index contributed by atoms with van der Waals surface area (Å²) >= 11 is 0. The lowest BCUT2D eigenvalue weighted by atomic mass is 10.0. The summed E-state index contributed by atoms with van der Waals surface area (Å²) in [4.78, 5) is 29.7. The van der Waals surface area contributed by atoms with Crippen LogP contribution in [0.4, 0.5) is 35.9 Å². The van der Waals surface area contributed by atoms with E-state index in [1.807, 2.05) is 12.1 Å². The minimum atomic E-state index is -4.63. The molecule has 0 bridgehead atoms. The van der Waals surface area contributed by atoms with Gasteiger partial charge in [0.1, 0.15) is 5.69 Å². The Morgan fingerprint density at radius 2 is 1.68 bits per heavy atom. The minimum Gasteiger partial charge on any atom is -0.397 e. The van der Waals surface area contributed by atoms with Crippen molar-refractivity contribution in [3.63, 3.8) is 0 Å². The van der Waals surface area contributed by atoms with E-state index in [1.54, 1.807) is 12.1 Å². The highest BCUT2D eigenvalue weighted by atomic mass is 19.4. The molecule has 0 atom stereocenters. The van der Waals surface area contributed by atoms with Crippen LogP contribution >= 0.6 is 0 Å². The zero-order valence-corrected chi connectivity index (χ0v) is 18.2. The van der Waals surface area contributed by atoms with E-state index in [1.165, 1.54) is 18.7 Å². The number of halogens is 3. The second-order valence-electron chi connectivity index (χ2n) is 8.20. The highest BCUT2D eigenvalue weighted by Crippen LogP contribution is 2.38. The van der Waals surface area contributed by atoms with Gasteiger partial charge < -0.3 is 26.7 Å². The Balaban J connectivity index is 1.59. The molecule has 7 nitrogen and oxygen atoms in total. The van der Waals surface area contributed by atoms with E-state index in [-0.39, 0.29) is 28.2 Å². The minimum absolute atomic E-state index is 0.00930. The van der Waals surface area contributed by atoms with E-state index in [0.29, 0.717) is 5.56 Å². The number of benzene rings is 2. The number of aromatic amines is 1. The van der Waals surface area contributed by atoms with E-state index in [4.69, 9.17) is 11.5 Å². The number of carbonyl (C=O) groups excluding carboxylic acids is 1. The van der Waals surface area contributed by atoms with E-state index in [0.717, 1.165) is 43.8 Å². The normalized spacial score (nSPS) is 14.1. The summed E-state index contributed by atoms with van der Waals surface area (Å²) in [6.07, 6.45) is 0.0585. The molecule has 0 radical (unpaired) electrons. The average molecular weight is 471 g/mol. The molecule has 1 aliphatic rings. The number of rotatable bonds is 4. The van der Waals surface area contributed by atoms with Gasteiger partial charge in [-0.2, -0.15) is 13.2 Å². The maximum atomic E-state index is 13.2. The number of nitrogens with one attached hydrogen (secondary N) is 2. The van der Waals surface area contributed by atoms with Gasteiger partial charge in [0.05, 0.1) is 16.9 Å². The number of nitrogens with two attached hydrogens (primary N) is 2. The maximum Gasteiger partial charge on any atom is 0.416 e. The van der Waals surface area contributed by atoms with Gasteiger partial charge in [-0.05, 0) is 61.7 Å². The fraction of sp³-hybridized carbons (Fsp3) is 0.250. The molecule has 1 amide bonds. The summed E-state index contributed by atoms with van der Waals surface area (Å²) in [5.74, 6) is -0.524. The van der Waals surface area contributed by atoms with Crippen molar-refractivity contribution in [3.05, 3.63) is 70.1 Å². The second kappa shape index (κ2) is 9.12. The predicted octanol–water partition coefficient (Wildman–Crippen LogP) is 4.47. The highest BCUT2D eigenvalue weighted by molar-refractivity contribution is 6.04. The molecule has 1 aromatic heterocycles. The number of aromatic nitrogens is 1. The van der Waals surface area contributed by atoms with Crippen molar-refractivity contribution in [2.75, 3.05) is 34.8 Å². The number of hydrogen-bond acceptors (Lipinski definition) is 5. The van der Waals surface area contributed by atoms with Crippen molar-refractivity contribution in [2.24, 2.45) is 0 Å². The lowest BCUT2D eigenvalue weighted by molar-refractivity contribution is -0.137. The quantitative estimate of drug-likeness (QED) is 0.419. The number of H-pyrrole nitrogens is 1. The molecule has 1 fully saturated rings. The van der Waals surface area contributed by atoms with Crippen LogP contribution in [0.5, 0.6) is 0 Å². The molecular formula is C24H24F3N5O2. The molecule has 0 unspecified atom stereocenters. The van der Waals surface area contributed by atoms with Gasteiger partial charge >= 0.3 is 6.18 Å². The summed E-state index contributed by atoms with van der Waals surface area (Å²) in [6.45, 7) is 1.94. The summed E-state index contributed by atoms with van der Waals surface area (Å²) in [7, 11) is 0. The van der Waals surface area contributed by atoms with Crippen molar-refractivity contribution in [1.82, 2.24) is 4.98 Å². The number of alkyl halides is 3. The van der Waals surface area contributed by atoms with Crippen molar-refractivity contribution in [3.8, 4) is 11.1 Å². The largest absolute Gasteiger partial charge is 0.416 e. The smallest absolute Gasteiger partial charge is 0.397 e. The van der Waals surface area contributed by atoms with Crippen LogP contribution in [0.3, 0.4) is 0 Å². The lowest BCUT2D eigenvalue weighted by Gasteiger charge is -2.28. The van der Waals surface area contributed by atoms with E-state index < -0.39 is 23.2 Å². The van der Waals surface area contributed by atoms with Gasteiger partial charge in [0, 0.05) is 41.7 Å². The predicted molar refractivity (Wildman–Crippen MR) is 127 cm³/mol. The molecule has 2 heterocycles. The number of piperidine rings is 1. The van der Waals surface area contributed by atoms with Gasteiger partial charge in [0.2, 0.25) is 0 Å². The van der Waals surface area contributed by atoms with Gasteiger partial charge in [-0.25, -0.2) is 0 Å². The monoisotopic (exact) mass is 471 g/mol. The Morgan fingerprint density at radius 3 is 2.32 bits per heavy atom. The number of nitrogen functional groups attached to an aromatic ring is 2. The van der Waals surface area contributed by atoms with Crippen LogP contribution in [0.1, 0.15) is 35.2 Å². The van der Waals surface area contributed by atoms with E-state index in [9.17, 15) is 22.8 Å². The molecule has 178 valence electrons. The number of pyridine rings is 1. The molecule has 0 saturated carbocycles. The first-order chi connectivity index (χ1) is 16.1. The fourth-order valence-corrected chi connectivity index (χ4v) is 3.98. The van der Waals surface area contributed by atoms with E-state index >= 15 is 0 Å². The third-order valence-corrected chi connectivity index (χ3v) is 5.85. The van der Waals surface area contributed by atoms with Crippen molar-refractivity contribution >= 4 is 28.7 Å². The number of hydrogen-bond donors (Lipinski definition) is 4. The number of carbonyl (C=O) groups is 1. The zero-order valence-electron chi connectivity index (χ0n) is 18.2. The molecule has 2 aromatic carbocycles. The van der Waals surface area contributed by atoms with Gasteiger partial charge in [-0.15, -0.1) is 0 Å². The number of nitrogens with zero attached hydrogens (tertiary/aromatic N) is 1. The summed E-state index contributed by atoms with van der Waals surface area (Å²) in [5.41, 5.74) is 11.1. The summed E-state index contributed by atoms with van der Waals surface area (Å²) < 4.78 is 39.7.